The summed E-state index contributed by atoms with van der Waals surface area (Å²) >= 11 is 0. The highest BCUT2D eigenvalue weighted by Gasteiger charge is 2.09. The third-order valence-corrected chi connectivity index (χ3v) is 3.40. The van der Waals surface area contributed by atoms with E-state index in [1.165, 1.54) is 0 Å². The quantitative estimate of drug-likeness (QED) is 0.792. The molecule has 2 heterocycles. The van der Waals surface area contributed by atoms with Crippen LogP contribution in [0.2, 0.25) is 0 Å². The number of para-hydroxylation sites is 1. The van der Waals surface area contributed by atoms with Gasteiger partial charge >= 0.3 is 0 Å². The van der Waals surface area contributed by atoms with Crippen LogP contribution in [0.4, 0.5) is 0 Å². The van der Waals surface area contributed by atoms with Crippen molar-refractivity contribution >= 4 is 10.9 Å². The molecule has 1 aromatic carbocycles. The van der Waals surface area contributed by atoms with Gasteiger partial charge in [0, 0.05) is 18.1 Å². The summed E-state index contributed by atoms with van der Waals surface area (Å²) in [6, 6.07) is 12.1. The topological polar surface area (TPSA) is 56.7 Å². The van der Waals surface area contributed by atoms with Crippen LogP contribution in [0.1, 0.15) is 31.2 Å². The van der Waals surface area contributed by atoms with Crippen molar-refractivity contribution in [3.8, 4) is 5.69 Å². The fourth-order valence-corrected chi connectivity index (χ4v) is 2.28. The molecule has 2 aromatic heterocycles. The minimum atomic E-state index is 0.415. The molecule has 3 rings (SSSR count). The van der Waals surface area contributed by atoms with Crippen molar-refractivity contribution in [2.24, 2.45) is 5.73 Å². The number of benzene rings is 1. The normalized spacial score (nSPS) is 11.4. The highest BCUT2D eigenvalue weighted by atomic mass is 15.3. The van der Waals surface area contributed by atoms with Crippen LogP contribution in [0.25, 0.3) is 16.6 Å². The van der Waals surface area contributed by atoms with Crippen molar-refractivity contribution in [2.45, 2.75) is 26.3 Å². The molecule has 0 spiro atoms. The molecule has 4 heteroatoms. The average molecular weight is 266 g/mol. The van der Waals surface area contributed by atoms with Gasteiger partial charge in [-0.15, -0.1) is 0 Å². The van der Waals surface area contributed by atoms with Gasteiger partial charge in [-0.25, -0.2) is 4.68 Å². The largest absolute Gasteiger partial charge is 0.325 e. The minimum Gasteiger partial charge on any atom is -0.325 e. The third kappa shape index (κ3) is 2.18. The standard InChI is InChI=1S/C16H18N4/c1-11(2)14-7-8-20(19-14)16-9-12(10-17)18-15-6-4-3-5-13(15)16/h3-9,11H,10,17H2,1-2H3. The first-order chi connectivity index (χ1) is 9.69. The molecule has 0 unspecified atom stereocenters. The molecule has 0 aliphatic heterocycles. The van der Waals surface area contributed by atoms with Gasteiger partial charge in [-0.3, -0.25) is 4.98 Å². The van der Waals surface area contributed by atoms with E-state index < -0.39 is 0 Å². The zero-order valence-corrected chi connectivity index (χ0v) is 11.7. The highest BCUT2D eigenvalue weighted by Crippen LogP contribution is 2.22. The molecule has 0 fully saturated rings. The molecule has 4 nitrogen and oxygen atoms in total. The van der Waals surface area contributed by atoms with Crippen molar-refractivity contribution in [1.29, 1.82) is 0 Å². The Kier molecular flexibility index (Phi) is 3.24. The van der Waals surface area contributed by atoms with Gasteiger partial charge in [0.25, 0.3) is 0 Å². The molecule has 0 saturated heterocycles. The maximum Gasteiger partial charge on any atom is 0.0758 e. The van der Waals surface area contributed by atoms with Gasteiger partial charge in [0.2, 0.25) is 0 Å². The lowest BCUT2D eigenvalue weighted by Crippen LogP contribution is -2.04. The molecule has 0 amide bonds. The molecule has 102 valence electrons. The van der Waals surface area contributed by atoms with E-state index in [4.69, 9.17) is 5.73 Å². The number of pyridine rings is 1. The molecule has 0 aliphatic rings. The van der Waals surface area contributed by atoms with E-state index in [0.29, 0.717) is 12.5 Å². The van der Waals surface area contributed by atoms with E-state index in [9.17, 15) is 0 Å². The van der Waals surface area contributed by atoms with E-state index in [0.717, 1.165) is 28.0 Å². The fourth-order valence-electron chi connectivity index (χ4n) is 2.28. The van der Waals surface area contributed by atoms with E-state index in [-0.39, 0.29) is 0 Å². The Balaban J connectivity index is 2.22. The number of hydrogen-bond acceptors (Lipinski definition) is 3. The monoisotopic (exact) mass is 266 g/mol. The molecule has 2 N–H and O–H groups in total. The van der Waals surface area contributed by atoms with Gasteiger partial charge in [0.05, 0.1) is 22.6 Å². The summed E-state index contributed by atoms with van der Waals surface area (Å²) in [6.07, 6.45) is 2.00. The number of fused-ring (bicyclic) bond motifs is 1. The first kappa shape index (κ1) is 12.8. The van der Waals surface area contributed by atoms with Crippen LogP contribution < -0.4 is 5.73 Å². The molecule has 0 atom stereocenters. The van der Waals surface area contributed by atoms with E-state index in [2.05, 4.69) is 36.1 Å². The van der Waals surface area contributed by atoms with E-state index in [1.807, 2.05) is 35.1 Å². The summed E-state index contributed by atoms with van der Waals surface area (Å²) < 4.78 is 1.92. The van der Waals surface area contributed by atoms with Gasteiger partial charge in [0.15, 0.2) is 0 Å². The van der Waals surface area contributed by atoms with Crippen LogP contribution in [0.15, 0.2) is 42.6 Å². The van der Waals surface area contributed by atoms with Crippen LogP contribution in [0, 0.1) is 0 Å². The van der Waals surface area contributed by atoms with Crippen molar-refractivity contribution < 1.29 is 0 Å². The number of rotatable bonds is 3. The first-order valence-electron chi connectivity index (χ1n) is 6.83. The van der Waals surface area contributed by atoms with Crippen LogP contribution in [0.5, 0.6) is 0 Å². The third-order valence-electron chi connectivity index (χ3n) is 3.40. The summed E-state index contributed by atoms with van der Waals surface area (Å²) in [6.45, 7) is 4.71. The second-order valence-electron chi connectivity index (χ2n) is 5.19. The van der Waals surface area contributed by atoms with Crippen LogP contribution in [-0.4, -0.2) is 14.8 Å². The van der Waals surface area contributed by atoms with E-state index in [1.54, 1.807) is 0 Å². The summed E-state index contributed by atoms with van der Waals surface area (Å²) in [5, 5.41) is 5.74. The average Bonchev–Trinajstić information content (AvgIpc) is 2.96. The zero-order valence-electron chi connectivity index (χ0n) is 11.7. The Labute approximate surface area is 118 Å². The molecule has 3 aromatic rings. The van der Waals surface area contributed by atoms with Crippen LogP contribution in [0.3, 0.4) is 0 Å². The van der Waals surface area contributed by atoms with Crippen LogP contribution in [-0.2, 0) is 6.54 Å². The lowest BCUT2D eigenvalue weighted by Gasteiger charge is -2.09. The maximum absolute atomic E-state index is 5.75. The molecular weight excluding hydrogens is 248 g/mol. The molecule has 0 aliphatic carbocycles. The Bertz CT molecular complexity index is 743. The maximum atomic E-state index is 5.75. The Morgan fingerprint density at radius 2 is 2.00 bits per heavy atom. The predicted molar refractivity (Wildman–Crippen MR) is 80.8 cm³/mol. The molecular formula is C16H18N4. The molecule has 20 heavy (non-hydrogen) atoms. The Morgan fingerprint density at radius 3 is 2.70 bits per heavy atom. The number of nitrogens with two attached hydrogens (primary N) is 1. The molecule has 0 radical (unpaired) electrons. The number of aromatic nitrogens is 3. The predicted octanol–water partition coefficient (Wildman–Crippen LogP) is 3.00. The summed E-state index contributed by atoms with van der Waals surface area (Å²) in [4.78, 5) is 4.56. The van der Waals surface area contributed by atoms with Crippen molar-refractivity contribution in [2.75, 3.05) is 0 Å². The van der Waals surface area contributed by atoms with Crippen molar-refractivity contribution in [3.63, 3.8) is 0 Å². The Hall–Kier alpha value is -2.20. The van der Waals surface area contributed by atoms with Gasteiger partial charge < -0.3 is 5.73 Å². The number of hydrogen-bond donors (Lipinski definition) is 1. The fraction of sp³-hybridized carbons (Fsp3) is 0.250. The van der Waals surface area contributed by atoms with Gasteiger partial charge in [-0.1, -0.05) is 32.0 Å². The summed E-state index contributed by atoms with van der Waals surface area (Å²) in [5.74, 6) is 0.415. The zero-order chi connectivity index (χ0) is 14.1. The Morgan fingerprint density at radius 1 is 1.20 bits per heavy atom. The molecule has 0 saturated carbocycles. The lowest BCUT2D eigenvalue weighted by molar-refractivity contribution is 0.769. The SMILES string of the molecule is CC(C)c1ccn(-c2cc(CN)nc3ccccc23)n1. The summed E-state index contributed by atoms with van der Waals surface area (Å²) in [7, 11) is 0. The second kappa shape index (κ2) is 5.06. The van der Waals surface area contributed by atoms with Crippen LogP contribution >= 0.6 is 0 Å². The lowest BCUT2D eigenvalue weighted by atomic mass is 10.1. The minimum absolute atomic E-state index is 0.415. The van der Waals surface area contributed by atoms with E-state index >= 15 is 0 Å². The number of nitrogens with zero attached hydrogens (tertiary/aromatic N) is 3. The molecule has 0 bridgehead atoms. The van der Waals surface area contributed by atoms with Crippen molar-refractivity contribution in [3.05, 3.63) is 54.0 Å². The van der Waals surface area contributed by atoms with Crippen molar-refractivity contribution in [1.82, 2.24) is 14.8 Å². The summed E-state index contributed by atoms with van der Waals surface area (Å²) in [5.41, 5.74) is 9.69. The second-order valence-corrected chi connectivity index (χ2v) is 5.19. The smallest absolute Gasteiger partial charge is 0.0758 e. The highest BCUT2D eigenvalue weighted by molar-refractivity contribution is 5.87. The van der Waals surface area contributed by atoms with Gasteiger partial charge in [-0.05, 0) is 24.1 Å². The van der Waals surface area contributed by atoms with Gasteiger partial charge in [-0.2, -0.15) is 5.10 Å². The first-order valence-corrected chi connectivity index (χ1v) is 6.83. The van der Waals surface area contributed by atoms with Gasteiger partial charge in [0.1, 0.15) is 0 Å².